The Morgan fingerprint density at radius 1 is 0.793 bits per heavy atom. The molecular formula is C26H18FeN2. The standard InChI is InChI=1S/C21H13N2.C5H5.Fe/c22-14-15-4-3-7-17(12-15)18-8-10-21-19(13-18)9-11-20(23-21)16-5-1-2-6-16;1-2-4-5-3-1;/h1-13H;1-5H;. The van der Waals surface area contributed by atoms with Crippen LogP contribution in [-0.4, -0.2) is 4.98 Å². The molecule has 0 saturated carbocycles. The number of nitriles is 1. The first-order chi connectivity index (χ1) is 14.0. The van der Waals surface area contributed by atoms with Crippen LogP contribution in [0.4, 0.5) is 0 Å². The molecule has 2 nitrogen and oxygen atoms in total. The zero-order chi connectivity index (χ0) is 18.3. The number of aromatic nitrogens is 1. The minimum absolute atomic E-state index is 0.721. The molecule has 4 unspecified atom stereocenters. The van der Waals surface area contributed by atoms with Crippen molar-refractivity contribution in [3.63, 3.8) is 0 Å². The molecule has 4 atom stereocenters. The number of benzene rings is 2. The number of hydrogen-bond donors (Lipinski definition) is 0. The number of fused-ring (bicyclic) bond motifs is 11. The van der Waals surface area contributed by atoms with Crippen molar-refractivity contribution in [3.05, 3.63) is 65.9 Å². The van der Waals surface area contributed by atoms with Gasteiger partial charge in [0.1, 0.15) is 0 Å². The van der Waals surface area contributed by atoms with Crippen LogP contribution in [0.1, 0.15) is 11.3 Å². The molecule has 0 radical (unpaired) electrons. The molecule has 10 aliphatic heterocycles. The van der Waals surface area contributed by atoms with Crippen LogP contribution in [0.2, 0.25) is 43.3 Å². The molecule has 0 N–H and O–H groups in total. The van der Waals surface area contributed by atoms with Crippen LogP contribution >= 0.6 is 0 Å². The number of rotatable bonds is 2. The molecular weight excluding hydrogens is 396 g/mol. The van der Waals surface area contributed by atoms with Crippen molar-refractivity contribution in [2.45, 2.75) is 47.7 Å². The summed E-state index contributed by atoms with van der Waals surface area (Å²) in [5.74, 6) is 0. The van der Waals surface area contributed by atoms with Gasteiger partial charge in [0, 0.05) is 0 Å². The van der Waals surface area contributed by atoms with Gasteiger partial charge >= 0.3 is 158 Å². The van der Waals surface area contributed by atoms with Crippen LogP contribution in [0.25, 0.3) is 22.0 Å². The van der Waals surface area contributed by atoms with Gasteiger partial charge in [0.2, 0.25) is 0 Å². The SMILES string of the molecule is N#Cc1cccc(-c2ccc3nc([C]45[CH]6[CH]7[CH]8[CH]4[Fe]786549%10%11[CH]5[CH]4[CH]9[CH]%10[CH]5%11)ccc3c2)c1. The molecule has 10 fully saturated rings. The van der Waals surface area contributed by atoms with E-state index in [0.717, 1.165) is 15.4 Å². The van der Waals surface area contributed by atoms with Crippen LogP contribution in [0.15, 0.2) is 54.6 Å². The van der Waals surface area contributed by atoms with Gasteiger partial charge in [-0.3, -0.25) is 0 Å². The topological polar surface area (TPSA) is 36.7 Å². The Bertz CT molecular complexity index is 1840. The monoisotopic (exact) mass is 414 g/mol. The Kier molecular flexibility index (Phi) is 0.596. The zero-order valence-corrected chi connectivity index (χ0v) is 16.7. The zero-order valence-electron chi connectivity index (χ0n) is 15.6. The van der Waals surface area contributed by atoms with Crippen molar-refractivity contribution in [1.29, 1.82) is 5.26 Å². The van der Waals surface area contributed by atoms with Crippen LogP contribution < -0.4 is 0 Å². The summed E-state index contributed by atoms with van der Waals surface area (Å²) in [5, 5.41) is 10.5. The first kappa shape index (κ1) is 11.9. The van der Waals surface area contributed by atoms with Gasteiger partial charge in [-0.15, -0.1) is 0 Å². The Hall–Kier alpha value is -2.14. The molecule has 10 saturated heterocycles. The molecule has 3 aromatic rings. The average Bonchev–Trinajstić information content (AvgIpc) is 3.71. The number of hydrogen-bond acceptors (Lipinski definition) is 2. The number of pyridine rings is 1. The van der Waals surface area contributed by atoms with Gasteiger partial charge in [-0.05, 0) is 0 Å². The van der Waals surface area contributed by atoms with E-state index in [1.165, 1.54) is 59.8 Å². The molecule has 13 rings (SSSR count). The first-order valence-corrected chi connectivity index (χ1v) is 17.4. The number of nitrogens with zero attached hydrogens (tertiary/aromatic N) is 2. The molecule has 29 heavy (non-hydrogen) atoms. The molecule has 0 amide bonds. The second kappa shape index (κ2) is 1.45. The summed E-state index contributed by atoms with van der Waals surface area (Å²) in [7, 11) is 0. The van der Waals surface area contributed by atoms with E-state index in [0.29, 0.717) is 0 Å². The molecule has 11 heterocycles. The van der Waals surface area contributed by atoms with E-state index < -0.39 is 6.51 Å². The molecule has 0 aliphatic carbocycles. The summed E-state index contributed by atoms with van der Waals surface area (Å²) < 4.78 is 0.743. The summed E-state index contributed by atoms with van der Waals surface area (Å²) >= 11 is 0. The maximum absolute atomic E-state index is 9.21. The second-order valence-electron chi connectivity index (χ2n) is 14.0. The third kappa shape index (κ3) is 0.227. The summed E-state index contributed by atoms with van der Waals surface area (Å²) in [6.07, 6.45) is 0. The van der Waals surface area contributed by atoms with E-state index in [1.807, 2.05) is 18.2 Å². The first-order valence-electron chi connectivity index (χ1n) is 11.1. The second-order valence-corrected chi connectivity index (χ2v) is 37.5. The summed E-state index contributed by atoms with van der Waals surface area (Å²) in [6, 6.07) is 21.7. The Morgan fingerprint density at radius 2 is 1.52 bits per heavy atom. The summed E-state index contributed by atoms with van der Waals surface area (Å²) in [6.45, 7) is -3.12. The van der Waals surface area contributed by atoms with Crippen molar-refractivity contribution >= 4 is 10.9 Å². The van der Waals surface area contributed by atoms with Gasteiger partial charge in [0.15, 0.2) is 0 Å². The fraction of sp³-hybridized carbons (Fsp3) is 0.385. The van der Waals surface area contributed by atoms with E-state index >= 15 is 0 Å². The van der Waals surface area contributed by atoms with Gasteiger partial charge in [-0.25, -0.2) is 0 Å². The predicted octanol–water partition coefficient (Wildman–Crippen LogP) is 6.57. The fourth-order valence-corrected chi connectivity index (χ4v) is 93.2. The predicted molar refractivity (Wildman–Crippen MR) is 107 cm³/mol. The molecule has 10 aliphatic rings. The van der Waals surface area contributed by atoms with Crippen LogP contribution in [0.5, 0.6) is 0 Å². The van der Waals surface area contributed by atoms with Crippen molar-refractivity contribution in [3.8, 4) is 17.2 Å². The summed E-state index contributed by atoms with van der Waals surface area (Å²) in [5.41, 5.74) is 5.79. The average molecular weight is 414 g/mol. The fourth-order valence-electron chi connectivity index (χ4n) is 19.2. The Morgan fingerprint density at radius 3 is 2.14 bits per heavy atom. The van der Waals surface area contributed by atoms with Gasteiger partial charge in [0.05, 0.1) is 0 Å². The van der Waals surface area contributed by atoms with Crippen LogP contribution in [-0.2, 0) is 10.8 Å². The van der Waals surface area contributed by atoms with Crippen LogP contribution in [0.3, 0.4) is 0 Å². The van der Waals surface area contributed by atoms with Gasteiger partial charge in [0.25, 0.3) is 0 Å². The minimum atomic E-state index is -3.12. The third-order valence-corrected chi connectivity index (χ3v) is 60.4. The van der Waals surface area contributed by atoms with Crippen molar-refractivity contribution in [2.24, 2.45) is 0 Å². The molecule has 1 spiro atoms. The van der Waals surface area contributed by atoms with Crippen LogP contribution in [0, 0.1) is 11.3 Å². The van der Waals surface area contributed by atoms with Crippen molar-refractivity contribution in [1.82, 2.24) is 4.98 Å². The van der Waals surface area contributed by atoms with E-state index in [4.69, 9.17) is 4.98 Å². The molecule has 2 aromatic carbocycles. The third-order valence-electron chi connectivity index (χ3n) is 18.1. The quantitative estimate of drug-likeness (QED) is 0.445. The Labute approximate surface area is 158 Å². The van der Waals surface area contributed by atoms with Gasteiger partial charge in [-0.1, -0.05) is 0 Å². The van der Waals surface area contributed by atoms with E-state index in [9.17, 15) is 5.26 Å². The maximum atomic E-state index is 9.21. The van der Waals surface area contributed by atoms with E-state index in [2.05, 4.69) is 42.5 Å². The van der Waals surface area contributed by atoms with E-state index in [1.54, 1.807) is 5.69 Å². The van der Waals surface area contributed by atoms with Crippen molar-refractivity contribution < 1.29 is 6.51 Å². The van der Waals surface area contributed by atoms with Gasteiger partial charge < -0.3 is 0 Å². The van der Waals surface area contributed by atoms with E-state index in [-0.39, 0.29) is 0 Å². The molecule has 0 bridgehead atoms. The summed E-state index contributed by atoms with van der Waals surface area (Å²) in [4.78, 5) is 17.4. The molecule has 1 aromatic heterocycles. The molecule has 140 valence electrons. The Balaban J connectivity index is 1.06. The molecule has 3 heteroatoms. The van der Waals surface area contributed by atoms with Gasteiger partial charge in [-0.2, -0.15) is 0 Å². The normalized spacial score (nSPS) is 74.4. The van der Waals surface area contributed by atoms with Crippen molar-refractivity contribution in [2.75, 3.05) is 0 Å².